The summed E-state index contributed by atoms with van der Waals surface area (Å²) < 4.78 is 13.0. The summed E-state index contributed by atoms with van der Waals surface area (Å²) in [5.74, 6) is -0.312. The normalized spacial score (nSPS) is 10.4. The van der Waals surface area contributed by atoms with Gasteiger partial charge in [0, 0.05) is 5.69 Å². The molecule has 0 radical (unpaired) electrons. The lowest BCUT2D eigenvalue weighted by Gasteiger charge is -2.09. The van der Waals surface area contributed by atoms with Gasteiger partial charge in [0.1, 0.15) is 5.82 Å². The first-order chi connectivity index (χ1) is 10.1. The molecule has 0 unspecified atom stereocenters. The first-order valence-electron chi connectivity index (χ1n) is 6.96. The Morgan fingerprint density at radius 2 is 1.95 bits per heavy atom. The van der Waals surface area contributed by atoms with E-state index in [-0.39, 0.29) is 18.3 Å². The molecule has 0 bridgehead atoms. The van der Waals surface area contributed by atoms with Crippen molar-refractivity contribution in [1.82, 2.24) is 5.32 Å². The van der Waals surface area contributed by atoms with Crippen molar-refractivity contribution >= 4 is 11.6 Å². The van der Waals surface area contributed by atoms with Gasteiger partial charge in [-0.1, -0.05) is 30.3 Å². The third-order valence-corrected chi connectivity index (χ3v) is 3.18. The maximum absolute atomic E-state index is 13.0. The Hall–Kier alpha value is -2.20. The van der Waals surface area contributed by atoms with Crippen LogP contribution in [0.3, 0.4) is 0 Å². The van der Waals surface area contributed by atoms with Gasteiger partial charge < -0.3 is 10.6 Å². The first kappa shape index (κ1) is 15.2. The molecular formula is C17H19FN2O. The summed E-state index contributed by atoms with van der Waals surface area (Å²) in [6, 6.07) is 14.1. The third-order valence-electron chi connectivity index (χ3n) is 3.18. The fraction of sp³-hybridized carbons (Fsp3) is 0.235. The van der Waals surface area contributed by atoms with Crippen molar-refractivity contribution in [3.63, 3.8) is 0 Å². The van der Waals surface area contributed by atoms with Gasteiger partial charge in [0.05, 0.1) is 6.54 Å². The van der Waals surface area contributed by atoms with Crippen LogP contribution in [-0.4, -0.2) is 19.0 Å². The predicted octanol–water partition coefficient (Wildman–Crippen LogP) is 2.90. The van der Waals surface area contributed by atoms with Gasteiger partial charge in [0.15, 0.2) is 0 Å². The zero-order valence-electron chi connectivity index (χ0n) is 12.0. The molecule has 2 aromatic carbocycles. The van der Waals surface area contributed by atoms with E-state index < -0.39 is 0 Å². The monoisotopic (exact) mass is 286 g/mol. The lowest BCUT2D eigenvalue weighted by atomic mass is 10.1. The van der Waals surface area contributed by atoms with Crippen molar-refractivity contribution in [1.29, 1.82) is 0 Å². The topological polar surface area (TPSA) is 41.1 Å². The van der Waals surface area contributed by atoms with Gasteiger partial charge in [-0.05, 0) is 49.2 Å². The van der Waals surface area contributed by atoms with Crippen LogP contribution in [0.5, 0.6) is 0 Å². The lowest BCUT2D eigenvalue weighted by Crippen LogP contribution is -2.29. The molecule has 0 aliphatic heterocycles. The van der Waals surface area contributed by atoms with Gasteiger partial charge in [-0.3, -0.25) is 4.79 Å². The molecule has 0 saturated carbocycles. The zero-order valence-corrected chi connectivity index (χ0v) is 12.0. The number of nitrogens with one attached hydrogen (secondary N) is 2. The van der Waals surface area contributed by atoms with Crippen molar-refractivity contribution in [2.24, 2.45) is 0 Å². The fourth-order valence-electron chi connectivity index (χ4n) is 2.03. The molecule has 2 rings (SSSR count). The number of carbonyl (C=O) groups is 1. The molecule has 1 amide bonds. The van der Waals surface area contributed by atoms with Gasteiger partial charge in [-0.25, -0.2) is 4.39 Å². The highest BCUT2D eigenvalue weighted by Crippen LogP contribution is 2.12. The van der Waals surface area contributed by atoms with E-state index in [2.05, 4.69) is 10.6 Å². The van der Waals surface area contributed by atoms with E-state index in [9.17, 15) is 9.18 Å². The minimum atomic E-state index is -0.232. The second-order valence-electron chi connectivity index (χ2n) is 4.92. The number of anilines is 1. The summed E-state index contributed by atoms with van der Waals surface area (Å²) in [5.41, 5.74) is 2.78. The Morgan fingerprint density at radius 1 is 1.14 bits per heavy atom. The lowest BCUT2D eigenvalue weighted by molar-refractivity contribution is -0.115. The summed E-state index contributed by atoms with van der Waals surface area (Å²) in [7, 11) is 0. The fourth-order valence-corrected chi connectivity index (χ4v) is 2.03. The van der Waals surface area contributed by atoms with Crippen LogP contribution in [-0.2, 0) is 11.2 Å². The molecule has 3 nitrogen and oxygen atoms in total. The summed E-state index contributed by atoms with van der Waals surface area (Å²) in [5, 5.41) is 5.91. The van der Waals surface area contributed by atoms with Crippen molar-refractivity contribution in [3.05, 3.63) is 65.5 Å². The quantitative estimate of drug-likeness (QED) is 0.802. The summed E-state index contributed by atoms with van der Waals surface area (Å²) in [6.45, 7) is 2.82. The van der Waals surface area contributed by atoms with E-state index in [1.807, 2.05) is 37.3 Å². The number of aryl methyl sites for hydroxylation is 1. The number of hydrogen-bond acceptors (Lipinski definition) is 2. The van der Waals surface area contributed by atoms with Crippen LogP contribution in [0.25, 0.3) is 0 Å². The van der Waals surface area contributed by atoms with E-state index >= 15 is 0 Å². The van der Waals surface area contributed by atoms with Crippen molar-refractivity contribution in [2.45, 2.75) is 13.3 Å². The average Bonchev–Trinajstić information content (AvgIpc) is 2.46. The molecule has 0 aliphatic rings. The van der Waals surface area contributed by atoms with E-state index in [1.54, 1.807) is 6.07 Å². The number of halogens is 1. The molecule has 0 saturated heterocycles. The summed E-state index contributed by atoms with van der Waals surface area (Å²) in [6.07, 6.45) is 0.690. The highest BCUT2D eigenvalue weighted by molar-refractivity contribution is 5.92. The maximum atomic E-state index is 13.0. The Bertz CT molecular complexity index is 613. The van der Waals surface area contributed by atoms with E-state index in [0.717, 1.165) is 16.8 Å². The molecule has 4 heteroatoms. The molecule has 2 aromatic rings. The smallest absolute Gasteiger partial charge is 0.238 e. The summed E-state index contributed by atoms with van der Waals surface area (Å²) in [4.78, 5) is 11.8. The third kappa shape index (κ3) is 5.00. The number of benzene rings is 2. The molecule has 0 spiro atoms. The van der Waals surface area contributed by atoms with Crippen LogP contribution in [0.15, 0.2) is 48.5 Å². The Kier molecular flexibility index (Phi) is 5.46. The van der Waals surface area contributed by atoms with Crippen LogP contribution in [0.4, 0.5) is 10.1 Å². The first-order valence-corrected chi connectivity index (χ1v) is 6.96. The van der Waals surface area contributed by atoms with Gasteiger partial charge in [-0.2, -0.15) is 0 Å². The Morgan fingerprint density at radius 3 is 2.71 bits per heavy atom. The van der Waals surface area contributed by atoms with Gasteiger partial charge in [0.25, 0.3) is 0 Å². The molecule has 2 N–H and O–H groups in total. The molecule has 110 valence electrons. The van der Waals surface area contributed by atoms with Crippen molar-refractivity contribution < 1.29 is 9.18 Å². The highest BCUT2D eigenvalue weighted by Gasteiger charge is 2.03. The van der Waals surface area contributed by atoms with Crippen LogP contribution in [0.1, 0.15) is 11.1 Å². The largest absolute Gasteiger partial charge is 0.325 e. The molecule has 0 aromatic heterocycles. The molecule has 0 fully saturated rings. The number of amides is 1. The number of carbonyl (C=O) groups excluding carboxylic acids is 1. The average molecular weight is 286 g/mol. The standard InChI is InChI=1S/C17H19FN2O/c1-13-5-2-3-8-16(13)20-17(21)12-19-10-9-14-6-4-7-15(18)11-14/h2-8,11,19H,9-10,12H2,1H3,(H,20,21). The van der Waals surface area contributed by atoms with Crippen molar-refractivity contribution in [2.75, 3.05) is 18.4 Å². The van der Waals surface area contributed by atoms with Gasteiger partial charge in [0.2, 0.25) is 5.91 Å². The van der Waals surface area contributed by atoms with Crippen LogP contribution < -0.4 is 10.6 Å². The molecular weight excluding hydrogens is 267 g/mol. The highest BCUT2D eigenvalue weighted by atomic mass is 19.1. The number of rotatable bonds is 6. The van der Waals surface area contributed by atoms with E-state index in [1.165, 1.54) is 12.1 Å². The van der Waals surface area contributed by atoms with Crippen LogP contribution >= 0.6 is 0 Å². The summed E-state index contributed by atoms with van der Waals surface area (Å²) >= 11 is 0. The predicted molar refractivity (Wildman–Crippen MR) is 82.8 cm³/mol. The molecule has 0 aliphatic carbocycles. The maximum Gasteiger partial charge on any atom is 0.238 e. The molecule has 0 heterocycles. The second kappa shape index (κ2) is 7.55. The number of hydrogen-bond donors (Lipinski definition) is 2. The zero-order chi connectivity index (χ0) is 15.1. The molecule has 21 heavy (non-hydrogen) atoms. The van der Waals surface area contributed by atoms with Crippen LogP contribution in [0, 0.1) is 12.7 Å². The molecule has 0 atom stereocenters. The minimum Gasteiger partial charge on any atom is -0.325 e. The van der Waals surface area contributed by atoms with E-state index in [4.69, 9.17) is 0 Å². The van der Waals surface area contributed by atoms with Crippen molar-refractivity contribution in [3.8, 4) is 0 Å². The minimum absolute atomic E-state index is 0.0801. The Balaban J connectivity index is 1.71. The van der Waals surface area contributed by atoms with Gasteiger partial charge >= 0.3 is 0 Å². The Labute approximate surface area is 124 Å². The SMILES string of the molecule is Cc1ccccc1NC(=O)CNCCc1cccc(F)c1. The number of para-hydroxylation sites is 1. The second-order valence-corrected chi connectivity index (χ2v) is 4.92. The van der Waals surface area contributed by atoms with Crippen LogP contribution in [0.2, 0.25) is 0 Å². The van der Waals surface area contributed by atoms with E-state index in [0.29, 0.717) is 13.0 Å². The van der Waals surface area contributed by atoms with Gasteiger partial charge in [-0.15, -0.1) is 0 Å².